The summed E-state index contributed by atoms with van der Waals surface area (Å²) < 4.78 is 1.92. The first-order valence-corrected chi connectivity index (χ1v) is 8.11. The van der Waals surface area contributed by atoms with Crippen LogP contribution in [0.5, 0.6) is 0 Å². The summed E-state index contributed by atoms with van der Waals surface area (Å²) in [5.41, 5.74) is 1.58. The van der Waals surface area contributed by atoms with E-state index in [9.17, 15) is 14.9 Å². The van der Waals surface area contributed by atoms with Crippen LogP contribution in [0.1, 0.15) is 0 Å². The van der Waals surface area contributed by atoms with E-state index >= 15 is 0 Å². The van der Waals surface area contributed by atoms with Crippen LogP contribution >= 0.6 is 11.8 Å². The number of pyridine rings is 1. The number of nitrogens with zero attached hydrogens (tertiary/aromatic N) is 4. The first-order chi connectivity index (χ1) is 11.6. The molecule has 122 valence electrons. The Morgan fingerprint density at radius 1 is 1.29 bits per heavy atom. The van der Waals surface area contributed by atoms with Crippen molar-refractivity contribution in [2.24, 2.45) is 0 Å². The van der Waals surface area contributed by atoms with Crippen molar-refractivity contribution < 1.29 is 9.72 Å². The van der Waals surface area contributed by atoms with Crippen LogP contribution in [0.3, 0.4) is 0 Å². The van der Waals surface area contributed by atoms with E-state index in [2.05, 4.69) is 4.98 Å². The van der Waals surface area contributed by atoms with E-state index in [1.54, 1.807) is 25.4 Å². The highest BCUT2D eigenvalue weighted by molar-refractivity contribution is 7.99. The van der Waals surface area contributed by atoms with Crippen LogP contribution in [0, 0.1) is 10.1 Å². The Morgan fingerprint density at radius 3 is 2.75 bits per heavy atom. The van der Waals surface area contributed by atoms with E-state index in [1.165, 1.54) is 28.8 Å². The van der Waals surface area contributed by atoms with Gasteiger partial charge in [0.05, 0.1) is 22.4 Å². The van der Waals surface area contributed by atoms with E-state index in [-0.39, 0.29) is 17.3 Å². The molecule has 0 aliphatic heterocycles. The number of anilines is 1. The molecule has 0 N–H and O–H groups in total. The average molecular weight is 342 g/mol. The largest absolute Gasteiger partial charge is 0.315 e. The van der Waals surface area contributed by atoms with Crippen molar-refractivity contribution in [1.29, 1.82) is 0 Å². The number of hydrogen-bond acceptors (Lipinski definition) is 5. The van der Waals surface area contributed by atoms with Crippen molar-refractivity contribution in [3.63, 3.8) is 0 Å². The van der Waals surface area contributed by atoms with Crippen LogP contribution in [0.15, 0.2) is 60.0 Å². The number of aromatic nitrogens is 2. The molecule has 0 radical (unpaired) electrons. The normalized spacial score (nSPS) is 10.7. The summed E-state index contributed by atoms with van der Waals surface area (Å²) in [6.45, 7) is 0. The molecule has 24 heavy (non-hydrogen) atoms. The summed E-state index contributed by atoms with van der Waals surface area (Å²) >= 11 is 1.35. The van der Waals surface area contributed by atoms with Gasteiger partial charge >= 0.3 is 0 Å². The number of thioether (sulfide) groups is 1. The van der Waals surface area contributed by atoms with Gasteiger partial charge in [-0.3, -0.25) is 19.3 Å². The predicted molar refractivity (Wildman–Crippen MR) is 92.4 cm³/mol. The SMILES string of the molecule is CN(C(=O)CSc1ncc2ccccn12)c1ccc([N+](=O)[O-])cc1. The lowest BCUT2D eigenvalue weighted by Crippen LogP contribution is -2.27. The highest BCUT2D eigenvalue weighted by Crippen LogP contribution is 2.22. The van der Waals surface area contributed by atoms with Gasteiger partial charge in [-0.25, -0.2) is 4.98 Å². The Balaban J connectivity index is 1.67. The minimum atomic E-state index is -0.467. The summed E-state index contributed by atoms with van der Waals surface area (Å²) in [5, 5.41) is 11.4. The zero-order chi connectivity index (χ0) is 17.1. The summed E-state index contributed by atoms with van der Waals surface area (Å²) in [6.07, 6.45) is 3.65. The monoisotopic (exact) mass is 342 g/mol. The Morgan fingerprint density at radius 2 is 2.04 bits per heavy atom. The van der Waals surface area contributed by atoms with Crippen molar-refractivity contribution >= 4 is 34.6 Å². The van der Waals surface area contributed by atoms with E-state index < -0.39 is 4.92 Å². The molecule has 0 saturated heterocycles. The molecule has 8 heteroatoms. The number of nitro benzene ring substituents is 1. The van der Waals surface area contributed by atoms with Crippen molar-refractivity contribution in [2.75, 3.05) is 17.7 Å². The van der Waals surface area contributed by atoms with Gasteiger partial charge in [-0.05, 0) is 24.3 Å². The van der Waals surface area contributed by atoms with Gasteiger partial charge in [0.2, 0.25) is 5.91 Å². The summed E-state index contributed by atoms with van der Waals surface area (Å²) in [7, 11) is 1.65. The van der Waals surface area contributed by atoms with Gasteiger partial charge in [-0.15, -0.1) is 0 Å². The molecular formula is C16H14N4O3S. The third kappa shape index (κ3) is 3.23. The van der Waals surface area contributed by atoms with Gasteiger partial charge in [0.25, 0.3) is 5.69 Å². The quantitative estimate of drug-likeness (QED) is 0.404. The van der Waals surface area contributed by atoms with Gasteiger partial charge < -0.3 is 4.90 Å². The minimum absolute atomic E-state index is 0.00201. The summed E-state index contributed by atoms with van der Waals surface area (Å²) in [6, 6.07) is 11.7. The van der Waals surface area contributed by atoms with E-state index in [4.69, 9.17) is 0 Å². The van der Waals surface area contributed by atoms with Gasteiger partial charge in [-0.2, -0.15) is 0 Å². The van der Waals surface area contributed by atoms with Crippen molar-refractivity contribution in [1.82, 2.24) is 9.38 Å². The number of imidazole rings is 1. The second kappa shape index (κ2) is 6.71. The zero-order valence-electron chi connectivity index (χ0n) is 12.8. The Bertz CT molecular complexity index is 892. The van der Waals surface area contributed by atoms with Gasteiger partial charge in [-0.1, -0.05) is 17.8 Å². The molecule has 7 nitrogen and oxygen atoms in total. The summed E-state index contributed by atoms with van der Waals surface area (Å²) in [4.78, 5) is 28.3. The number of amides is 1. The minimum Gasteiger partial charge on any atom is -0.315 e. The predicted octanol–water partition coefficient (Wildman–Crippen LogP) is 3.00. The second-order valence-corrected chi connectivity index (χ2v) is 5.99. The Hall–Kier alpha value is -2.87. The molecule has 1 aromatic carbocycles. The second-order valence-electron chi connectivity index (χ2n) is 5.05. The third-order valence-corrected chi connectivity index (χ3v) is 4.50. The number of hydrogen-bond donors (Lipinski definition) is 0. The van der Waals surface area contributed by atoms with E-state index in [0.29, 0.717) is 5.69 Å². The Kier molecular flexibility index (Phi) is 4.48. The molecule has 0 unspecified atom stereocenters. The van der Waals surface area contributed by atoms with Gasteiger partial charge in [0.1, 0.15) is 0 Å². The lowest BCUT2D eigenvalue weighted by molar-refractivity contribution is -0.384. The maximum absolute atomic E-state index is 12.3. The van der Waals surface area contributed by atoms with Crippen LogP contribution in [0.4, 0.5) is 11.4 Å². The lowest BCUT2D eigenvalue weighted by atomic mass is 10.2. The molecule has 0 fully saturated rings. The fourth-order valence-corrected chi connectivity index (χ4v) is 3.07. The van der Waals surface area contributed by atoms with Crippen LogP contribution in [-0.4, -0.2) is 33.0 Å². The molecule has 3 rings (SSSR count). The summed E-state index contributed by atoms with van der Waals surface area (Å²) in [5.74, 6) is 0.114. The topological polar surface area (TPSA) is 80.8 Å². The van der Waals surface area contributed by atoms with Crippen molar-refractivity contribution in [3.8, 4) is 0 Å². The van der Waals surface area contributed by atoms with Crippen molar-refractivity contribution in [3.05, 3.63) is 65.0 Å². The maximum atomic E-state index is 12.3. The zero-order valence-corrected chi connectivity index (χ0v) is 13.6. The number of nitro groups is 1. The third-order valence-electron chi connectivity index (χ3n) is 3.55. The van der Waals surface area contributed by atoms with Gasteiger partial charge in [0, 0.05) is 31.1 Å². The first-order valence-electron chi connectivity index (χ1n) is 7.12. The smallest absolute Gasteiger partial charge is 0.269 e. The molecule has 2 aromatic heterocycles. The number of fused-ring (bicyclic) bond motifs is 1. The first kappa shape index (κ1) is 16.0. The number of carbonyl (C=O) groups is 1. The molecule has 0 spiro atoms. The van der Waals surface area contributed by atoms with Crippen LogP contribution < -0.4 is 4.90 Å². The molecule has 0 aliphatic rings. The molecule has 2 heterocycles. The fourth-order valence-electron chi connectivity index (χ4n) is 2.19. The molecule has 0 atom stereocenters. The highest BCUT2D eigenvalue weighted by atomic mass is 32.2. The number of non-ortho nitro benzene ring substituents is 1. The average Bonchev–Trinajstić information content (AvgIpc) is 3.02. The molecule has 0 saturated carbocycles. The van der Waals surface area contributed by atoms with Crippen molar-refractivity contribution in [2.45, 2.75) is 5.16 Å². The lowest BCUT2D eigenvalue weighted by Gasteiger charge is -2.16. The van der Waals surface area contributed by atoms with Crippen LogP contribution in [-0.2, 0) is 4.79 Å². The number of rotatable bonds is 5. The molecule has 1 amide bonds. The molecule has 3 aromatic rings. The van der Waals surface area contributed by atoms with Crippen LogP contribution in [0.2, 0.25) is 0 Å². The Labute approximate surface area is 142 Å². The highest BCUT2D eigenvalue weighted by Gasteiger charge is 2.14. The molecule has 0 bridgehead atoms. The van der Waals surface area contributed by atoms with E-state index in [0.717, 1.165) is 10.7 Å². The molecular weight excluding hydrogens is 328 g/mol. The number of benzene rings is 1. The number of carbonyl (C=O) groups excluding carboxylic acids is 1. The van der Waals surface area contributed by atoms with E-state index in [1.807, 2.05) is 28.8 Å². The molecule has 0 aliphatic carbocycles. The van der Waals surface area contributed by atoms with Crippen LogP contribution in [0.25, 0.3) is 5.52 Å². The fraction of sp³-hybridized carbons (Fsp3) is 0.125. The standard InChI is InChI=1S/C16H14N4O3S/c1-18(12-5-7-13(8-6-12)20(22)23)15(21)11-24-16-17-10-14-4-2-3-9-19(14)16/h2-10H,11H2,1H3. The van der Waals surface area contributed by atoms with Gasteiger partial charge in [0.15, 0.2) is 5.16 Å². The maximum Gasteiger partial charge on any atom is 0.269 e.